The van der Waals surface area contributed by atoms with Crippen molar-refractivity contribution >= 4 is 34.3 Å². The van der Waals surface area contributed by atoms with Gasteiger partial charge in [-0.3, -0.25) is 9.79 Å². The molecular formula is C17H16F4N2OS2. The van der Waals surface area contributed by atoms with E-state index in [4.69, 9.17) is 0 Å². The molecule has 140 valence electrons. The van der Waals surface area contributed by atoms with Crippen molar-refractivity contribution in [3.05, 3.63) is 55.9 Å². The molecular weight excluding hydrogens is 388 g/mol. The highest BCUT2D eigenvalue weighted by molar-refractivity contribution is 7.16. The second kappa shape index (κ2) is 9.09. The lowest BCUT2D eigenvalue weighted by Gasteiger charge is -2.07. The molecule has 0 aliphatic carbocycles. The first-order valence-electron chi connectivity index (χ1n) is 7.58. The Bertz CT molecular complexity index is 792. The van der Waals surface area contributed by atoms with E-state index in [9.17, 15) is 22.4 Å². The van der Waals surface area contributed by atoms with E-state index in [2.05, 4.69) is 10.3 Å². The minimum Gasteiger partial charge on any atom is -0.346 e. The molecule has 0 aromatic carbocycles. The Balaban J connectivity index is 2.16. The number of nitrogens with zero attached hydrogens (tertiary/aromatic N) is 1. The topological polar surface area (TPSA) is 41.5 Å². The average molecular weight is 404 g/mol. The molecule has 3 nitrogen and oxygen atoms in total. The number of amides is 1. The molecule has 0 unspecified atom stereocenters. The second-order valence-electron chi connectivity index (χ2n) is 5.21. The van der Waals surface area contributed by atoms with Crippen LogP contribution in [0.25, 0.3) is 0 Å². The van der Waals surface area contributed by atoms with Crippen LogP contribution in [0, 0.1) is 0 Å². The van der Waals surface area contributed by atoms with Gasteiger partial charge in [0.2, 0.25) is 0 Å². The van der Waals surface area contributed by atoms with Crippen LogP contribution in [-0.4, -0.2) is 31.0 Å². The van der Waals surface area contributed by atoms with E-state index >= 15 is 0 Å². The molecule has 0 radical (unpaired) electrons. The molecule has 0 atom stereocenters. The Morgan fingerprint density at radius 3 is 2.62 bits per heavy atom. The van der Waals surface area contributed by atoms with Gasteiger partial charge in [-0.25, -0.2) is 4.39 Å². The van der Waals surface area contributed by atoms with E-state index in [0.717, 1.165) is 29.2 Å². The first kappa shape index (κ1) is 20.3. The third kappa shape index (κ3) is 5.77. The van der Waals surface area contributed by atoms with Gasteiger partial charge in [-0.05, 0) is 36.6 Å². The number of nitrogens with one attached hydrogen (secondary N) is 1. The molecule has 26 heavy (non-hydrogen) atoms. The maximum absolute atomic E-state index is 12.8. The van der Waals surface area contributed by atoms with Gasteiger partial charge < -0.3 is 5.32 Å². The number of allylic oxidation sites excluding steroid dienone is 2. The standard InChI is InChI=1S/C17H16F4N2OS2/c1-11(17(19,20)21)9-13(22-7-6-18)14-4-5-15(26-14)16(24)23-10-12-3-2-8-25-12/h2-5,8-9H,6-7,10H2,1H3,(H,23,24)/b11-9+,22-13+. The van der Waals surface area contributed by atoms with Crippen molar-refractivity contribution in [3.63, 3.8) is 0 Å². The second-order valence-corrected chi connectivity index (χ2v) is 7.32. The van der Waals surface area contributed by atoms with Gasteiger partial charge in [-0.2, -0.15) is 13.2 Å². The van der Waals surface area contributed by atoms with E-state index in [1.807, 2.05) is 17.5 Å². The molecule has 0 fully saturated rings. The fraction of sp³-hybridized carbons (Fsp3) is 0.294. The molecule has 2 aromatic rings. The molecule has 0 spiro atoms. The Hall–Kier alpha value is -2.00. The van der Waals surface area contributed by atoms with Gasteiger partial charge in [-0.1, -0.05) is 6.07 Å². The Morgan fingerprint density at radius 1 is 1.27 bits per heavy atom. The lowest BCUT2D eigenvalue weighted by Crippen LogP contribution is -2.21. The number of hydrogen-bond donors (Lipinski definition) is 1. The Labute approximate surface area is 156 Å². The van der Waals surface area contributed by atoms with E-state index < -0.39 is 18.4 Å². The highest BCUT2D eigenvalue weighted by Gasteiger charge is 2.30. The smallest absolute Gasteiger partial charge is 0.346 e. The van der Waals surface area contributed by atoms with Gasteiger partial charge >= 0.3 is 6.18 Å². The Morgan fingerprint density at radius 2 is 2.00 bits per heavy atom. The number of halogens is 4. The first-order chi connectivity index (χ1) is 12.3. The quantitative estimate of drug-likeness (QED) is 0.512. The van der Waals surface area contributed by atoms with Crippen LogP contribution in [0.15, 0.2) is 46.3 Å². The third-order valence-corrected chi connectivity index (χ3v) is 5.24. The summed E-state index contributed by atoms with van der Waals surface area (Å²) >= 11 is 2.52. The molecule has 0 saturated heterocycles. The molecule has 2 rings (SSSR count). The number of carbonyl (C=O) groups is 1. The van der Waals surface area contributed by atoms with Crippen molar-refractivity contribution in [3.8, 4) is 0 Å². The fourth-order valence-corrected chi connectivity index (χ4v) is 3.46. The summed E-state index contributed by atoms with van der Waals surface area (Å²) < 4.78 is 50.7. The van der Waals surface area contributed by atoms with Crippen LogP contribution in [-0.2, 0) is 6.54 Å². The van der Waals surface area contributed by atoms with Gasteiger partial charge in [-0.15, -0.1) is 22.7 Å². The van der Waals surface area contributed by atoms with Crippen LogP contribution in [0.4, 0.5) is 17.6 Å². The van der Waals surface area contributed by atoms with Gasteiger partial charge in [0.05, 0.1) is 28.6 Å². The van der Waals surface area contributed by atoms with Crippen molar-refractivity contribution in [2.75, 3.05) is 13.2 Å². The summed E-state index contributed by atoms with van der Waals surface area (Å²) in [7, 11) is 0. The van der Waals surface area contributed by atoms with Crippen molar-refractivity contribution in [2.24, 2.45) is 4.99 Å². The lowest BCUT2D eigenvalue weighted by atomic mass is 10.2. The SMILES string of the molecule is C/C(=C\C(=N/CCF)c1ccc(C(=O)NCc2cccs2)s1)C(F)(F)F. The molecule has 0 aliphatic rings. The number of hydrogen-bond acceptors (Lipinski definition) is 4. The minimum atomic E-state index is -4.49. The van der Waals surface area contributed by atoms with Crippen molar-refractivity contribution in [1.82, 2.24) is 5.32 Å². The summed E-state index contributed by atoms with van der Waals surface area (Å²) in [5.74, 6) is -0.323. The molecule has 1 amide bonds. The summed E-state index contributed by atoms with van der Waals surface area (Å²) in [4.78, 5) is 17.8. The number of aliphatic imine (C=N–C) groups is 1. The van der Waals surface area contributed by atoms with Crippen LogP contribution in [0.1, 0.15) is 26.3 Å². The Kier molecular flexibility index (Phi) is 7.10. The van der Waals surface area contributed by atoms with E-state index in [-0.39, 0.29) is 18.2 Å². The highest BCUT2D eigenvalue weighted by atomic mass is 32.1. The molecule has 0 bridgehead atoms. The van der Waals surface area contributed by atoms with Crippen LogP contribution in [0.2, 0.25) is 0 Å². The third-order valence-electron chi connectivity index (χ3n) is 3.25. The van der Waals surface area contributed by atoms with Gasteiger partial charge in [0.15, 0.2) is 0 Å². The maximum Gasteiger partial charge on any atom is 0.412 e. The van der Waals surface area contributed by atoms with Crippen LogP contribution < -0.4 is 5.32 Å². The summed E-state index contributed by atoms with van der Waals surface area (Å²) in [5, 5.41) is 4.64. The zero-order chi connectivity index (χ0) is 19.2. The zero-order valence-corrected chi connectivity index (χ0v) is 15.4. The number of alkyl halides is 4. The monoisotopic (exact) mass is 404 g/mol. The normalized spacial score (nSPS) is 13.1. The first-order valence-corrected chi connectivity index (χ1v) is 9.27. The summed E-state index contributed by atoms with van der Waals surface area (Å²) in [6.07, 6.45) is -3.62. The molecule has 9 heteroatoms. The summed E-state index contributed by atoms with van der Waals surface area (Å²) in [5.41, 5.74) is -0.827. The minimum absolute atomic E-state index is 0.0137. The van der Waals surface area contributed by atoms with Crippen molar-refractivity contribution in [1.29, 1.82) is 0 Å². The van der Waals surface area contributed by atoms with Crippen molar-refractivity contribution < 1.29 is 22.4 Å². The van der Waals surface area contributed by atoms with Crippen molar-refractivity contribution in [2.45, 2.75) is 19.6 Å². The number of carbonyl (C=O) groups excluding carboxylic acids is 1. The molecule has 0 saturated carbocycles. The van der Waals surface area contributed by atoms with E-state index in [1.54, 1.807) is 0 Å². The predicted molar refractivity (Wildman–Crippen MR) is 97.0 cm³/mol. The molecule has 1 N–H and O–H groups in total. The molecule has 2 aromatic heterocycles. The van der Waals surface area contributed by atoms with Gasteiger partial charge in [0.1, 0.15) is 6.67 Å². The molecule has 2 heterocycles. The van der Waals surface area contributed by atoms with Gasteiger partial charge in [0, 0.05) is 10.5 Å². The lowest BCUT2D eigenvalue weighted by molar-refractivity contribution is -0.0912. The van der Waals surface area contributed by atoms with E-state index in [1.165, 1.54) is 23.5 Å². The van der Waals surface area contributed by atoms with Gasteiger partial charge in [0.25, 0.3) is 5.91 Å². The average Bonchev–Trinajstić information content (AvgIpc) is 3.26. The fourth-order valence-electron chi connectivity index (χ4n) is 1.91. The number of rotatable bonds is 7. The molecule has 0 aliphatic heterocycles. The van der Waals surface area contributed by atoms with Crippen LogP contribution in [0.5, 0.6) is 0 Å². The largest absolute Gasteiger partial charge is 0.412 e. The number of thiophene rings is 2. The highest BCUT2D eigenvalue weighted by Crippen LogP contribution is 2.26. The maximum atomic E-state index is 12.8. The zero-order valence-electron chi connectivity index (χ0n) is 13.8. The van der Waals surface area contributed by atoms with Crippen LogP contribution >= 0.6 is 22.7 Å². The summed E-state index contributed by atoms with van der Waals surface area (Å²) in [6.45, 7) is 0.281. The van der Waals surface area contributed by atoms with E-state index in [0.29, 0.717) is 16.3 Å². The summed E-state index contributed by atoms with van der Waals surface area (Å²) in [6, 6.07) is 6.79. The van der Waals surface area contributed by atoms with Crippen LogP contribution in [0.3, 0.4) is 0 Å². The predicted octanol–water partition coefficient (Wildman–Crippen LogP) is 5.01.